The van der Waals surface area contributed by atoms with E-state index in [0.717, 1.165) is 11.1 Å². The first-order valence-corrected chi connectivity index (χ1v) is 7.65. The quantitative estimate of drug-likeness (QED) is 0.762. The number of likely N-dealkylation sites (N-methyl/N-ethyl adjacent to an activating group) is 1. The van der Waals surface area contributed by atoms with Crippen LogP contribution in [0.1, 0.15) is 17.2 Å². The van der Waals surface area contributed by atoms with Crippen molar-refractivity contribution in [3.8, 4) is 6.07 Å². The van der Waals surface area contributed by atoms with E-state index in [1.165, 1.54) is 0 Å². The van der Waals surface area contributed by atoms with Crippen LogP contribution in [0.4, 0.5) is 0 Å². The fourth-order valence-electron chi connectivity index (χ4n) is 2.45. The van der Waals surface area contributed by atoms with E-state index >= 15 is 0 Å². The van der Waals surface area contributed by atoms with Crippen molar-refractivity contribution in [1.29, 1.82) is 5.26 Å². The molecule has 0 heterocycles. The number of nitrogens with zero attached hydrogens (tertiary/aromatic N) is 2. The molecule has 0 saturated heterocycles. The van der Waals surface area contributed by atoms with Crippen LogP contribution in [-0.4, -0.2) is 42.9 Å². The molecule has 120 valence electrons. The van der Waals surface area contributed by atoms with Crippen molar-refractivity contribution in [1.82, 2.24) is 4.90 Å². The van der Waals surface area contributed by atoms with Gasteiger partial charge in [-0.2, -0.15) is 5.26 Å². The number of aliphatic hydroxyl groups is 1. The van der Waals surface area contributed by atoms with Crippen molar-refractivity contribution < 1.29 is 9.84 Å². The second-order valence-corrected chi connectivity index (χ2v) is 5.54. The number of hydrogen-bond donors (Lipinski definition) is 1. The highest BCUT2D eigenvalue weighted by Gasteiger charge is 2.17. The smallest absolute Gasteiger partial charge is 0.108 e. The monoisotopic (exact) mass is 310 g/mol. The Kier molecular flexibility index (Phi) is 6.76. The molecule has 0 aliphatic heterocycles. The van der Waals surface area contributed by atoms with E-state index < -0.39 is 6.10 Å². The third-order valence-electron chi connectivity index (χ3n) is 3.52. The van der Waals surface area contributed by atoms with Crippen molar-refractivity contribution in [2.75, 3.05) is 26.7 Å². The van der Waals surface area contributed by atoms with Crippen LogP contribution in [0.5, 0.6) is 0 Å². The summed E-state index contributed by atoms with van der Waals surface area (Å²) in [5.74, 6) is 0. The summed E-state index contributed by atoms with van der Waals surface area (Å²) in [5.41, 5.74) is 2.10. The number of hydrogen-bond acceptors (Lipinski definition) is 4. The molecule has 0 radical (unpaired) electrons. The van der Waals surface area contributed by atoms with Gasteiger partial charge in [-0.1, -0.05) is 60.7 Å². The highest BCUT2D eigenvalue weighted by Crippen LogP contribution is 2.25. The molecule has 23 heavy (non-hydrogen) atoms. The third-order valence-corrected chi connectivity index (χ3v) is 3.52. The molecular weight excluding hydrogens is 288 g/mol. The number of rotatable bonds is 8. The van der Waals surface area contributed by atoms with E-state index in [-0.39, 0.29) is 19.3 Å². The summed E-state index contributed by atoms with van der Waals surface area (Å²) in [6, 6.07) is 22.0. The highest BCUT2D eigenvalue weighted by molar-refractivity contribution is 5.29. The normalized spacial score (nSPS) is 12.3. The van der Waals surface area contributed by atoms with Crippen molar-refractivity contribution in [3.05, 3.63) is 71.8 Å². The fourth-order valence-corrected chi connectivity index (χ4v) is 2.45. The van der Waals surface area contributed by atoms with E-state index in [2.05, 4.69) is 6.07 Å². The van der Waals surface area contributed by atoms with Crippen LogP contribution in [0.3, 0.4) is 0 Å². The van der Waals surface area contributed by atoms with Crippen molar-refractivity contribution >= 4 is 0 Å². The Balaban J connectivity index is 2.03. The molecule has 0 bridgehead atoms. The van der Waals surface area contributed by atoms with Gasteiger partial charge < -0.3 is 9.84 Å². The van der Waals surface area contributed by atoms with Crippen LogP contribution >= 0.6 is 0 Å². The van der Waals surface area contributed by atoms with Crippen LogP contribution in [0.25, 0.3) is 0 Å². The summed E-state index contributed by atoms with van der Waals surface area (Å²) in [6.45, 7) is 0.909. The minimum atomic E-state index is -0.636. The van der Waals surface area contributed by atoms with Crippen LogP contribution in [0, 0.1) is 11.3 Å². The maximum absolute atomic E-state index is 10.1. The van der Waals surface area contributed by atoms with E-state index in [1.54, 1.807) is 11.9 Å². The Morgan fingerprint density at radius 3 is 2.04 bits per heavy atom. The summed E-state index contributed by atoms with van der Waals surface area (Å²) in [4.78, 5) is 1.77. The average Bonchev–Trinajstić information content (AvgIpc) is 2.57. The molecule has 0 spiro atoms. The number of ether oxygens (including phenoxy) is 1. The Bertz CT molecular complexity index is 571. The molecule has 0 fully saturated rings. The predicted molar refractivity (Wildman–Crippen MR) is 89.8 cm³/mol. The summed E-state index contributed by atoms with van der Waals surface area (Å²) in [6.07, 6.45) is -0.850. The van der Waals surface area contributed by atoms with Gasteiger partial charge in [0, 0.05) is 6.54 Å². The van der Waals surface area contributed by atoms with Gasteiger partial charge in [0.1, 0.15) is 6.10 Å². The van der Waals surface area contributed by atoms with Crippen molar-refractivity contribution in [2.45, 2.75) is 12.2 Å². The second-order valence-electron chi connectivity index (χ2n) is 5.54. The molecule has 1 unspecified atom stereocenters. The summed E-state index contributed by atoms with van der Waals surface area (Å²) < 4.78 is 6.00. The first kappa shape index (κ1) is 17.2. The molecule has 4 nitrogen and oxygen atoms in total. The minimum Gasteiger partial charge on any atom is -0.389 e. The molecule has 2 rings (SSSR count). The van der Waals surface area contributed by atoms with Gasteiger partial charge in [-0.05, 0) is 18.2 Å². The van der Waals surface area contributed by atoms with Crippen molar-refractivity contribution in [3.63, 3.8) is 0 Å². The number of aliphatic hydroxyl groups excluding tert-OH is 1. The van der Waals surface area contributed by atoms with Crippen LogP contribution in [0.2, 0.25) is 0 Å². The van der Waals surface area contributed by atoms with Gasteiger partial charge in [0.05, 0.1) is 25.3 Å². The van der Waals surface area contributed by atoms with E-state index in [4.69, 9.17) is 10.00 Å². The lowest BCUT2D eigenvalue weighted by Gasteiger charge is -2.23. The summed E-state index contributed by atoms with van der Waals surface area (Å²) in [5, 5.41) is 18.8. The lowest BCUT2D eigenvalue weighted by molar-refractivity contribution is -0.00420. The maximum Gasteiger partial charge on any atom is 0.108 e. The third kappa shape index (κ3) is 5.50. The molecule has 0 saturated carbocycles. The average molecular weight is 310 g/mol. The zero-order valence-electron chi connectivity index (χ0n) is 13.3. The van der Waals surface area contributed by atoms with Gasteiger partial charge in [-0.25, -0.2) is 0 Å². The van der Waals surface area contributed by atoms with Gasteiger partial charge in [-0.15, -0.1) is 0 Å². The second kappa shape index (κ2) is 9.06. The van der Waals surface area contributed by atoms with Crippen LogP contribution in [0.15, 0.2) is 60.7 Å². The number of benzene rings is 2. The summed E-state index contributed by atoms with van der Waals surface area (Å²) >= 11 is 0. The zero-order valence-corrected chi connectivity index (χ0v) is 13.3. The lowest BCUT2D eigenvalue weighted by Crippen LogP contribution is -2.33. The van der Waals surface area contributed by atoms with E-state index in [9.17, 15) is 5.11 Å². The van der Waals surface area contributed by atoms with Gasteiger partial charge in [0.15, 0.2) is 0 Å². The van der Waals surface area contributed by atoms with Crippen LogP contribution < -0.4 is 0 Å². The Morgan fingerprint density at radius 2 is 1.57 bits per heavy atom. The van der Waals surface area contributed by atoms with Gasteiger partial charge in [-0.3, -0.25) is 4.90 Å². The molecule has 4 heteroatoms. The zero-order chi connectivity index (χ0) is 16.5. The Labute approximate surface area is 137 Å². The topological polar surface area (TPSA) is 56.5 Å². The standard InChI is InChI=1S/C19H22N2O2/c1-21(13-12-20)14-18(22)15-23-19(16-8-4-2-5-9-16)17-10-6-3-7-11-17/h2-11,18-19,22H,13-15H2,1H3. The maximum atomic E-state index is 10.1. The largest absolute Gasteiger partial charge is 0.389 e. The Morgan fingerprint density at radius 1 is 1.04 bits per heavy atom. The molecule has 2 aromatic rings. The lowest BCUT2D eigenvalue weighted by atomic mass is 10.0. The van der Waals surface area contributed by atoms with Gasteiger partial charge >= 0.3 is 0 Å². The van der Waals surface area contributed by atoms with Crippen LogP contribution in [-0.2, 0) is 4.74 Å². The fraction of sp³-hybridized carbons (Fsp3) is 0.316. The SMILES string of the molecule is CN(CC#N)CC(O)COC(c1ccccc1)c1ccccc1. The summed E-state index contributed by atoms with van der Waals surface area (Å²) in [7, 11) is 1.80. The molecule has 1 atom stereocenters. The molecular formula is C19H22N2O2. The molecule has 1 N–H and O–H groups in total. The molecule has 2 aromatic carbocycles. The highest BCUT2D eigenvalue weighted by atomic mass is 16.5. The van der Waals surface area contributed by atoms with Crippen molar-refractivity contribution in [2.24, 2.45) is 0 Å². The molecule has 0 amide bonds. The van der Waals surface area contributed by atoms with E-state index in [0.29, 0.717) is 6.54 Å². The molecule has 0 aromatic heterocycles. The molecule has 0 aliphatic rings. The first-order chi connectivity index (χ1) is 11.2. The van der Waals surface area contributed by atoms with Gasteiger partial charge in [0.25, 0.3) is 0 Å². The molecule has 0 aliphatic carbocycles. The first-order valence-electron chi connectivity index (χ1n) is 7.65. The number of nitriles is 1. The van der Waals surface area contributed by atoms with E-state index in [1.807, 2.05) is 60.7 Å². The minimum absolute atomic E-state index is 0.213. The van der Waals surface area contributed by atoms with Gasteiger partial charge in [0.2, 0.25) is 0 Å². The predicted octanol–water partition coefficient (Wildman–Crippen LogP) is 2.61. The Hall–Kier alpha value is -2.19.